The molecule has 0 radical (unpaired) electrons. The Morgan fingerprint density at radius 1 is 1.35 bits per heavy atom. The van der Waals surface area contributed by atoms with Crippen LogP contribution in [0.2, 0.25) is 0 Å². The van der Waals surface area contributed by atoms with Crippen LogP contribution in [0.1, 0.15) is 58.1 Å². The van der Waals surface area contributed by atoms with Crippen molar-refractivity contribution in [3.8, 4) is 5.75 Å². The number of ether oxygens (including phenoxy) is 1. The summed E-state index contributed by atoms with van der Waals surface area (Å²) in [5.74, 6) is 2.42. The van der Waals surface area contributed by atoms with Crippen molar-refractivity contribution in [2.45, 2.75) is 47.0 Å². The van der Waals surface area contributed by atoms with Crippen LogP contribution in [0.15, 0.2) is 23.6 Å². The third-order valence-electron chi connectivity index (χ3n) is 2.71. The molecule has 20 heavy (non-hydrogen) atoms. The van der Waals surface area contributed by atoms with Gasteiger partial charge in [-0.2, -0.15) is 0 Å². The minimum Gasteiger partial charge on any atom is -0.496 e. The van der Waals surface area contributed by atoms with Crippen molar-refractivity contribution in [3.63, 3.8) is 0 Å². The molecule has 0 unspecified atom stereocenters. The molecule has 0 spiro atoms. The van der Waals surface area contributed by atoms with E-state index >= 15 is 0 Å². The smallest absolute Gasteiger partial charge is 0.131 e. The SMILES string of the molecule is CC.CCCS/C=C(\N)c1cccc(C(C)C)c1OC. The van der Waals surface area contributed by atoms with Crippen LogP contribution in [-0.4, -0.2) is 12.9 Å². The van der Waals surface area contributed by atoms with Gasteiger partial charge in [-0.05, 0) is 35.1 Å². The standard InChI is InChI=1S/C15H23NOS.C2H6/c1-5-9-18-10-14(16)13-8-6-7-12(11(2)3)15(13)17-4;1-2/h6-8,10-11H,5,9,16H2,1-4H3;1-2H3/b14-10-;. The quantitative estimate of drug-likeness (QED) is 0.728. The maximum Gasteiger partial charge on any atom is 0.131 e. The zero-order valence-corrected chi connectivity index (χ0v) is 14.5. The summed E-state index contributed by atoms with van der Waals surface area (Å²) in [7, 11) is 1.71. The van der Waals surface area contributed by atoms with E-state index in [0.717, 1.165) is 29.2 Å². The van der Waals surface area contributed by atoms with E-state index < -0.39 is 0 Å². The molecule has 2 N–H and O–H groups in total. The average molecular weight is 295 g/mol. The number of para-hydroxylation sites is 1. The van der Waals surface area contributed by atoms with Gasteiger partial charge in [0.25, 0.3) is 0 Å². The summed E-state index contributed by atoms with van der Waals surface area (Å²) in [4.78, 5) is 0. The highest BCUT2D eigenvalue weighted by Crippen LogP contribution is 2.33. The van der Waals surface area contributed by atoms with Gasteiger partial charge in [-0.3, -0.25) is 0 Å². The van der Waals surface area contributed by atoms with Crippen LogP contribution in [0, 0.1) is 0 Å². The van der Waals surface area contributed by atoms with Crippen molar-refractivity contribution in [1.29, 1.82) is 0 Å². The largest absolute Gasteiger partial charge is 0.496 e. The Balaban J connectivity index is 0.00000172. The maximum atomic E-state index is 6.14. The lowest BCUT2D eigenvalue weighted by molar-refractivity contribution is 0.406. The molecule has 1 rings (SSSR count). The molecule has 0 saturated carbocycles. The molecule has 0 heterocycles. The summed E-state index contributed by atoms with van der Waals surface area (Å²) in [5.41, 5.74) is 9.12. The van der Waals surface area contributed by atoms with Gasteiger partial charge in [-0.1, -0.05) is 46.8 Å². The Bertz CT molecular complexity index is 413. The summed E-state index contributed by atoms with van der Waals surface area (Å²) >= 11 is 1.75. The number of benzene rings is 1. The van der Waals surface area contributed by atoms with Crippen molar-refractivity contribution in [1.82, 2.24) is 0 Å². The van der Waals surface area contributed by atoms with E-state index in [9.17, 15) is 0 Å². The number of thioether (sulfide) groups is 1. The first kappa shape index (κ1) is 18.9. The second-order valence-electron chi connectivity index (χ2n) is 4.53. The van der Waals surface area contributed by atoms with Gasteiger partial charge in [0, 0.05) is 11.3 Å². The van der Waals surface area contributed by atoms with E-state index in [1.54, 1.807) is 18.9 Å². The number of nitrogens with two attached hydrogens (primary N) is 1. The average Bonchev–Trinajstić information content (AvgIpc) is 2.48. The number of hydrogen-bond acceptors (Lipinski definition) is 3. The molecule has 0 fully saturated rings. The fraction of sp³-hybridized carbons (Fsp3) is 0.529. The van der Waals surface area contributed by atoms with Gasteiger partial charge in [0.15, 0.2) is 0 Å². The predicted molar refractivity (Wildman–Crippen MR) is 93.3 cm³/mol. The minimum atomic E-state index is 0.427. The summed E-state index contributed by atoms with van der Waals surface area (Å²) in [6.07, 6.45) is 1.15. The van der Waals surface area contributed by atoms with Gasteiger partial charge in [0.05, 0.1) is 7.11 Å². The van der Waals surface area contributed by atoms with Crippen molar-refractivity contribution in [3.05, 3.63) is 34.7 Å². The molecule has 0 aliphatic rings. The van der Waals surface area contributed by atoms with Gasteiger partial charge in [-0.25, -0.2) is 0 Å². The fourth-order valence-electron chi connectivity index (χ4n) is 1.79. The third-order valence-corrected chi connectivity index (χ3v) is 3.78. The molecule has 3 heteroatoms. The Labute approximate surface area is 128 Å². The molecule has 0 bridgehead atoms. The summed E-state index contributed by atoms with van der Waals surface area (Å²) in [6, 6.07) is 6.15. The first-order valence-electron chi connectivity index (χ1n) is 7.36. The van der Waals surface area contributed by atoms with Crippen LogP contribution >= 0.6 is 11.8 Å². The molecular formula is C17H29NOS. The van der Waals surface area contributed by atoms with Crippen molar-refractivity contribution < 1.29 is 4.74 Å². The molecule has 1 aromatic carbocycles. The highest BCUT2D eigenvalue weighted by Gasteiger charge is 2.13. The number of rotatable bonds is 6. The van der Waals surface area contributed by atoms with Gasteiger partial charge in [0.2, 0.25) is 0 Å². The van der Waals surface area contributed by atoms with Crippen LogP contribution in [0.5, 0.6) is 5.75 Å². The Hall–Kier alpha value is -1.09. The molecule has 0 aliphatic heterocycles. The van der Waals surface area contributed by atoms with E-state index in [1.165, 1.54) is 5.56 Å². The maximum absolute atomic E-state index is 6.14. The molecule has 0 amide bonds. The second kappa shape index (κ2) is 10.7. The summed E-state index contributed by atoms with van der Waals surface area (Å²) in [6.45, 7) is 10.5. The lowest BCUT2D eigenvalue weighted by Gasteiger charge is -2.16. The third kappa shape index (κ3) is 5.49. The normalized spacial score (nSPS) is 11.1. The summed E-state index contributed by atoms with van der Waals surface area (Å²) in [5, 5.41) is 2.02. The molecule has 114 valence electrons. The van der Waals surface area contributed by atoms with Gasteiger partial charge >= 0.3 is 0 Å². The molecule has 1 aromatic rings. The zero-order chi connectivity index (χ0) is 15.5. The summed E-state index contributed by atoms with van der Waals surface area (Å²) < 4.78 is 5.54. The van der Waals surface area contributed by atoms with Crippen LogP contribution < -0.4 is 10.5 Å². The van der Waals surface area contributed by atoms with E-state index in [0.29, 0.717) is 5.92 Å². The highest BCUT2D eigenvalue weighted by molar-refractivity contribution is 8.02. The molecule has 2 nitrogen and oxygen atoms in total. The minimum absolute atomic E-state index is 0.427. The van der Waals surface area contributed by atoms with E-state index in [1.807, 2.05) is 31.4 Å². The van der Waals surface area contributed by atoms with Crippen molar-refractivity contribution in [2.75, 3.05) is 12.9 Å². The number of methoxy groups -OCH3 is 1. The van der Waals surface area contributed by atoms with Gasteiger partial charge in [0.1, 0.15) is 5.75 Å². The number of hydrogen-bond donors (Lipinski definition) is 1. The zero-order valence-electron chi connectivity index (χ0n) is 13.7. The first-order chi connectivity index (χ1) is 9.61. The lowest BCUT2D eigenvalue weighted by atomic mass is 9.98. The van der Waals surface area contributed by atoms with Crippen molar-refractivity contribution in [2.24, 2.45) is 5.73 Å². The highest BCUT2D eigenvalue weighted by atomic mass is 32.2. The molecule has 0 atom stereocenters. The Kier molecular flexibility index (Phi) is 10.1. The van der Waals surface area contributed by atoms with Crippen LogP contribution in [0.25, 0.3) is 5.70 Å². The van der Waals surface area contributed by atoms with Gasteiger partial charge < -0.3 is 10.5 Å². The Morgan fingerprint density at radius 2 is 2.00 bits per heavy atom. The molecule has 0 aromatic heterocycles. The fourth-order valence-corrected chi connectivity index (χ4v) is 2.45. The van der Waals surface area contributed by atoms with Crippen LogP contribution in [0.3, 0.4) is 0 Å². The predicted octanol–water partition coefficient (Wildman–Crippen LogP) is 5.25. The molecular weight excluding hydrogens is 266 g/mol. The lowest BCUT2D eigenvalue weighted by Crippen LogP contribution is -2.03. The van der Waals surface area contributed by atoms with Crippen molar-refractivity contribution >= 4 is 17.5 Å². The van der Waals surface area contributed by atoms with E-state index in [2.05, 4.69) is 26.8 Å². The molecule has 0 aliphatic carbocycles. The second-order valence-corrected chi connectivity index (χ2v) is 5.50. The van der Waals surface area contributed by atoms with Gasteiger partial charge in [-0.15, -0.1) is 11.8 Å². The van der Waals surface area contributed by atoms with Crippen LogP contribution in [0.4, 0.5) is 0 Å². The topological polar surface area (TPSA) is 35.2 Å². The monoisotopic (exact) mass is 295 g/mol. The van der Waals surface area contributed by atoms with E-state index in [4.69, 9.17) is 10.5 Å². The molecule has 0 saturated heterocycles. The Morgan fingerprint density at radius 3 is 2.50 bits per heavy atom. The van der Waals surface area contributed by atoms with E-state index in [-0.39, 0.29) is 0 Å². The van der Waals surface area contributed by atoms with Crippen LogP contribution in [-0.2, 0) is 0 Å². The first-order valence-corrected chi connectivity index (χ1v) is 8.41.